The number of halogens is 1. The molecule has 0 saturated carbocycles. The van der Waals surface area contributed by atoms with Crippen LogP contribution in [0.1, 0.15) is 24.8 Å². The number of H-pyrrole nitrogens is 2. The maximum Gasteiger partial charge on any atom is 0.127 e. The lowest BCUT2D eigenvalue weighted by Gasteiger charge is -2.26. The minimum Gasteiger partial charge on any atom is -0.508 e. The zero-order valence-corrected chi connectivity index (χ0v) is 21.3. The number of aromatic nitrogens is 5. The van der Waals surface area contributed by atoms with Gasteiger partial charge in [-0.05, 0) is 79.0 Å². The largest absolute Gasteiger partial charge is 0.508 e. The predicted molar refractivity (Wildman–Crippen MR) is 151 cm³/mol. The van der Waals surface area contributed by atoms with Crippen LogP contribution in [0.4, 0.5) is 4.39 Å². The summed E-state index contributed by atoms with van der Waals surface area (Å²) in [6, 6.07) is 14.5. The first-order valence-corrected chi connectivity index (χ1v) is 13.2. The SMILES string of the molecule is Oc1cc(F)cc(-c2cncc3[nH]c(-c4n[nH]c5ccc(-c6cncc(CN7CCCCC7)c6)cc45)cc23)c1. The molecule has 7 nitrogen and oxygen atoms in total. The highest BCUT2D eigenvalue weighted by atomic mass is 19.1. The van der Waals surface area contributed by atoms with Crippen LogP contribution in [-0.2, 0) is 6.54 Å². The molecule has 0 radical (unpaired) electrons. The molecular weight excluding hydrogens is 491 g/mol. The average molecular weight is 519 g/mol. The number of pyridine rings is 2. The van der Waals surface area contributed by atoms with Crippen LogP contribution in [0.5, 0.6) is 5.75 Å². The number of rotatable bonds is 5. The molecule has 1 aliphatic rings. The van der Waals surface area contributed by atoms with Crippen molar-refractivity contribution in [1.29, 1.82) is 0 Å². The fourth-order valence-electron chi connectivity index (χ4n) is 5.64. The minimum absolute atomic E-state index is 0.127. The van der Waals surface area contributed by atoms with E-state index >= 15 is 0 Å². The number of aromatic amines is 2. The molecule has 1 aliphatic heterocycles. The third-order valence-corrected chi connectivity index (χ3v) is 7.54. The number of phenols is 1. The summed E-state index contributed by atoms with van der Waals surface area (Å²) in [5, 5.41) is 19.6. The molecule has 0 spiro atoms. The van der Waals surface area contributed by atoms with Gasteiger partial charge in [-0.15, -0.1) is 0 Å². The molecule has 39 heavy (non-hydrogen) atoms. The minimum atomic E-state index is -0.502. The first kappa shape index (κ1) is 23.5. The number of aromatic hydroxyl groups is 1. The maximum absolute atomic E-state index is 14.0. The lowest BCUT2D eigenvalue weighted by Crippen LogP contribution is -2.29. The van der Waals surface area contributed by atoms with Crippen LogP contribution in [0.25, 0.3) is 55.4 Å². The number of benzene rings is 2. The second kappa shape index (κ2) is 9.63. The number of hydrogen-bond donors (Lipinski definition) is 3. The molecule has 0 aliphatic carbocycles. The molecule has 6 aromatic rings. The molecule has 7 rings (SSSR count). The molecule has 0 atom stereocenters. The molecule has 1 fully saturated rings. The van der Waals surface area contributed by atoms with Crippen molar-refractivity contribution in [2.45, 2.75) is 25.8 Å². The maximum atomic E-state index is 14.0. The summed E-state index contributed by atoms with van der Waals surface area (Å²) in [4.78, 5) is 14.8. The van der Waals surface area contributed by atoms with Crippen LogP contribution in [0.3, 0.4) is 0 Å². The lowest BCUT2D eigenvalue weighted by atomic mass is 10.0. The second-order valence-electron chi connectivity index (χ2n) is 10.3. The Bertz CT molecular complexity index is 1800. The number of likely N-dealkylation sites (tertiary alicyclic amines) is 1. The van der Waals surface area contributed by atoms with E-state index in [-0.39, 0.29) is 5.75 Å². The van der Waals surface area contributed by atoms with Crippen molar-refractivity contribution in [3.63, 3.8) is 0 Å². The Hall–Kier alpha value is -4.56. The lowest BCUT2D eigenvalue weighted by molar-refractivity contribution is 0.220. The van der Waals surface area contributed by atoms with E-state index in [0.29, 0.717) is 5.56 Å². The molecule has 0 unspecified atom stereocenters. The number of nitrogens with zero attached hydrogens (tertiary/aromatic N) is 4. The number of piperidine rings is 1. The molecule has 3 N–H and O–H groups in total. The van der Waals surface area contributed by atoms with Crippen molar-refractivity contribution in [2.24, 2.45) is 0 Å². The van der Waals surface area contributed by atoms with E-state index in [1.807, 2.05) is 24.5 Å². The van der Waals surface area contributed by atoms with Gasteiger partial charge in [0.05, 0.1) is 22.9 Å². The van der Waals surface area contributed by atoms with Gasteiger partial charge in [-0.25, -0.2) is 4.39 Å². The molecule has 5 heterocycles. The highest BCUT2D eigenvalue weighted by Gasteiger charge is 2.16. The van der Waals surface area contributed by atoms with Gasteiger partial charge in [0.1, 0.15) is 17.3 Å². The number of fused-ring (bicyclic) bond motifs is 2. The normalized spacial score (nSPS) is 14.4. The van der Waals surface area contributed by atoms with E-state index in [4.69, 9.17) is 0 Å². The molecule has 1 saturated heterocycles. The zero-order valence-electron chi connectivity index (χ0n) is 21.3. The van der Waals surface area contributed by atoms with Gasteiger partial charge in [0.25, 0.3) is 0 Å². The molecule has 2 aromatic carbocycles. The van der Waals surface area contributed by atoms with Gasteiger partial charge >= 0.3 is 0 Å². The van der Waals surface area contributed by atoms with Crippen molar-refractivity contribution in [3.05, 3.63) is 84.7 Å². The summed E-state index contributed by atoms with van der Waals surface area (Å²) < 4.78 is 14.0. The average Bonchev–Trinajstić information content (AvgIpc) is 3.57. The Balaban J connectivity index is 1.26. The van der Waals surface area contributed by atoms with Crippen LogP contribution in [0.2, 0.25) is 0 Å². The monoisotopic (exact) mass is 518 g/mol. The van der Waals surface area contributed by atoms with Crippen molar-refractivity contribution in [2.75, 3.05) is 13.1 Å². The van der Waals surface area contributed by atoms with E-state index in [1.54, 1.807) is 12.4 Å². The van der Waals surface area contributed by atoms with Crippen LogP contribution in [0, 0.1) is 5.82 Å². The van der Waals surface area contributed by atoms with Gasteiger partial charge in [0.15, 0.2) is 0 Å². The highest BCUT2D eigenvalue weighted by Crippen LogP contribution is 2.36. The van der Waals surface area contributed by atoms with E-state index in [9.17, 15) is 9.50 Å². The Morgan fingerprint density at radius 2 is 1.67 bits per heavy atom. The molecule has 194 valence electrons. The van der Waals surface area contributed by atoms with Gasteiger partial charge < -0.3 is 10.1 Å². The fourth-order valence-corrected chi connectivity index (χ4v) is 5.64. The van der Waals surface area contributed by atoms with E-state index in [2.05, 4.69) is 48.2 Å². The van der Waals surface area contributed by atoms with Crippen LogP contribution in [-0.4, -0.2) is 48.2 Å². The van der Waals surface area contributed by atoms with Crippen molar-refractivity contribution >= 4 is 21.8 Å². The van der Waals surface area contributed by atoms with E-state index < -0.39 is 5.82 Å². The Labute approximate surface area is 224 Å². The van der Waals surface area contributed by atoms with Crippen molar-refractivity contribution in [1.82, 2.24) is 30.0 Å². The molecule has 0 amide bonds. The number of nitrogens with one attached hydrogen (secondary N) is 2. The van der Waals surface area contributed by atoms with Gasteiger partial charge in [-0.1, -0.05) is 12.5 Å². The quantitative estimate of drug-likeness (QED) is 0.237. The number of phenolic OH excluding ortho intramolecular Hbond substituents is 1. The molecule has 0 bridgehead atoms. The third kappa shape index (κ3) is 4.53. The number of hydrogen-bond acceptors (Lipinski definition) is 5. The summed E-state index contributed by atoms with van der Waals surface area (Å²) in [5.74, 6) is -0.629. The first-order chi connectivity index (χ1) is 19.1. The Morgan fingerprint density at radius 1 is 0.795 bits per heavy atom. The topological polar surface area (TPSA) is 93.7 Å². The van der Waals surface area contributed by atoms with Gasteiger partial charge in [0, 0.05) is 53.1 Å². The zero-order chi connectivity index (χ0) is 26.3. The standard InChI is InChI=1S/C31H27FN6O/c32-23-9-21(10-24(39)12-23)27-16-34-17-30-25(27)13-29(35-30)31-26-11-20(4-5-28(26)36-37-31)22-8-19(14-33-15-22)18-38-6-2-1-3-7-38/h4-5,8-17,35,39H,1-3,6-7,18H2,(H,36,37). The van der Waals surface area contributed by atoms with E-state index in [1.165, 1.54) is 37.0 Å². The summed E-state index contributed by atoms with van der Waals surface area (Å²) in [6.07, 6.45) is 11.2. The highest BCUT2D eigenvalue weighted by molar-refractivity contribution is 6.01. The second-order valence-corrected chi connectivity index (χ2v) is 10.3. The Morgan fingerprint density at radius 3 is 2.54 bits per heavy atom. The molecule has 8 heteroatoms. The molecule has 4 aromatic heterocycles. The van der Waals surface area contributed by atoms with Gasteiger partial charge in [-0.2, -0.15) is 5.10 Å². The Kier molecular flexibility index (Phi) is 5.82. The van der Waals surface area contributed by atoms with Gasteiger partial charge in [0.2, 0.25) is 0 Å². The van der Waals surface area contributed by atoms with Crippen molar-refractivity contribution < 1.29 is 9.50 Å². The van der Waals surface area contributed by atoms with E-state index in [0.717, 1.165) is 75.6 Å². The third-order valence-electron chi connectivity index (χ3n) is 7.54. The van der Waals surface area contributed by atoms with Crippen LogP contribution < -0.4 is 0 Å². The van der Waals surface area contributed by atoms with Crippen LogP contribution >= 0.6 is 0 Å². The first-order valence-electron chi connectivity index (χ1n) is 13.2. The summed E-state index contributed by atoms with van der Waals surface area (Å²) >= 11 is 0. The predicted octanol–water partition coefficient (Wildman–Crippen LogP) is 6.67. The smallest absolute Gasteiger partial charge is 0.127 e. The molecular formula is C31H27FN6O. The summed E-state index contributed by atoms with van der Waals surface area (Å²) in [5.41, 5.74) is 7.99. The summed E-state index contributed by atoms with van der Waals surface area (Å²) in [6.45, 7) is 3.22. The van der Waals surface area contributed by atoms with Crippen molar-refractivity contribution in [3.8, 4) is 39.4 Å². The fraction of sp³-hybridized carbons (Fsp3) is 0.194. The summed E-state index contributed by atoms with van der Waals surface area (Å²) in [7, 11) is 0. The van der Waals surface area contributed by atoms with Gasteiger partial charge in [-0.3, -0.25) is 20.0 Å². The van der Waals surface area contributed by atoms with Crippen LogP contribution in [0.15, 0.2) is 73.3 Å².